The number of pyridine rings is 6. The molecule has 0 atom stereocenters. The SMILES string of the molecule is Cc1c(CNC(=O)c2ccnc(Cc3ccc4ncc(Cl)cc4c3)c2)ccc2c(N)nccc12.NCc1ccc2c(N)nccc2c1.O=C(O)c1ccnc(Cc2ccc3ncc(Cl)cc3c2)c1. The van der Waals surface area contributed by atoms with Gasteiger partial charge in [-0.1, -0.05) is 59.6 Å². The lowest BCUT2D eigenvalue weighted by Gasteiger charge is -2.12. The lowest BCUT2D eigenvalue weighted by Crippen LogP contribution is -2.23. The number of aromatic nitrogens is 6. The molecule has 0 aliphatic carbocycles. The van der Waals surface area contributed by atoms with Gasteiger partial charge in [0.25, 0.3) is 5.91 Å². The summed E-state index contributed by atoms with van der Waals surface area (Å²) in [6.45, 7) is 3.00. The largest absolute Gasteiger partial charge is 0.478 e. The van der Waals surface area contributed by atoms with Crippen molar-refractivity contribution in [3.8, 4) is 0 Å². The van der Waals surface area contributed by atoms with E-state index in [2.05, 4.69) is 35.2 Å². The van der Waals surface area contributed by atoms with E-state index in [9.17, 15) is 9.59 Å². The number of nitrogen functional groups attached to an aromatic ring is 2. The molecule has 0 radical (unpaired) electrons. The van der Waals surface area contributed by atoms with Crippen molar-refractivity contribution >= 4 is 90.1 Å². The van der Waals surface area contributed by atoms with Gasteiger partial charge in [0.1, 0.15) is 11.6 Å². The molecule has 8 N–H and O–H groups in total. The molecule has 0 aliphatic heterocycles. The van der Waals surface area contributed by atoms with Gasteiger partial charge in [0.05, 0.1) is 26.6 Å². The molecule has 10 aromatic rings. The Hall–Kier alpha value is -8.10. The summed E-state index contributed by atoms with van der Waals surface area (Å²) in [4.78, 5) is 49.2. The monoisotopic (exact) mass is 938 g/mol. The number of hydrogen-bond donors (Lipinski definition) is 5. The van der Waals surface area contributed by atoms with Crippen molar-refractivity contribution in [2.24, 2.45) is 5.73 Å². The second kappa shape index (κ2) is 21.0. The maximum absolute atomic E-state index is 12.9. The molecule has 0 spiro atoms. The van der Waals surface area contributed by atoms with Crippen molar-refractivity contribution in [1.82, 2.24) is 35.2 Å². The van der Waals surface area contributed by atoms with Crippen LogP contribution in [0.3, 0.4) is 0 Å². The zero-order chi connectivity index (χ0) is 47.7. The number of nitrogens with one attached hydrogen (secondary N) is 1. The van der Waals surface area contributed by atoms with Crippen molar-refractivity contribution < 1.29 is 14.7 Å². The molecule has 0 saturated carbocycles. The second-order valence-electron chi connectivity index (χ2n) is 15.9. The molecule has 4 aromatic carbocycles. The van der Waals surface area contributed by atoms with Crippen molar-refractivity contribution in [3.63, 3.8) is 0 Å². The molecule has 0 fully saturated rings. The fourth-order valence-electron chi connectivity index (χ4n) is 7.69. The molecule has 10 rings (SSSR count). The molecular formula is C53H44Cl2N10O3. The Labute approximate surface area is 401 Å². The topological polar surface area (TPSA) is 222 Å². The number of benzene rings is 4. The molecule has 1 amide bonds. The first kappa shape index (κ1) is 46.4. The van der Waals surface area contributed by atoms with E-state index in [0.717, 1.165) is 76.9 Å². The number of carbonyl (C=O) groups is 2. The fraction of sp³-hybridized carbons (Fsp3) is 0.0943. The van der Waals surface area contributed by atoms with Crippen LogP contribution in [-0.4, -0.2) is 46.9 Å². The summed E-state index contributed by atoms with van der Waals surface area (Å²) in [5, 5.41) is 19.2. The Morgan fingerprint density at radius 3 is 1.71 bits per heavy atom. The van der Waals surface area contributed by atoms with E-state index in [1.165, 1.54) is 12.3 Å². The number of halogens is 2. The number of carboxylic acid groups (broad SMARTS) is 1. The maximum Gasteiger partial charge on any atom is 0.335 e. The number of hydrogen-bond acceptors (Lipinski definition) is 11. The number of anilines is 2. The quantitative estimate of drug-likeness (QED) is 0.0912. The first-order valence-corrected chi connectivity index (χ1v) is 22.1. The van der Waals surface area contributed by atoms with Gasteiger partial charge in [-0.15, -0.1) is 0 Å². The van der Waals surface area contributed by atoms with E-state index >= 15 is 0 Å². The molecule has 0 saturated heterocycles. The van der Waals surface area contributed by atoms with Crippen LogP contribution in [0.5, 0.6) is 0 Å². The average molecular weight is 940 g/mol. The average Bonchev–Trinajstić information content (AvgIpc) is 3.34. The van der Waals surface area contributed by atoms with E-state index in [0.29, 0.717) is 58.9 Å². The Kier molecular flexibility index (Phi) is 14.4. The Morgan fingerprint density at radius 2 is 1.09 bits per heavy atom. The van der Waals surface area contributed by atoms with Gasteiger partial charge < -0.3 is 27.6 Å². The molecule has 6 aromatic heterocycles. The van der Waals surface area contributed by atoms with Crippen molar-refractivity contribution in [3.05, 3.63) is 213 Å². The zero-order valence-corrected chi connectivity index (χ0v) is 38.2. The molecule has 338 valence electrons. The van der Waals surface area contributed by atoms with Crippen LogP contribution < -0.4 is 22.5 Å². The third kappa shape index (κ3) is 11.3. The van der Waals surface area contributed by atoms with Crippen LogP contribution in [0.15, 0.2) is 152 Å². The van der Waals surface area contributed by atoms with Gasteiger partial charge in [0.2, 0.25) is 0 Å². The predicted molar refractivity (Wildman–Crippen MR) is 271 cm³/mol. The second-order valence-corrected chi connectivity index (χ2v) is 16.7. The molecular weight excluding hydrogens is 896 g/mol. The third-order valence-corrected chi connectivity index (χ3v) is 11.6. The number of aromatic carboxylic acids is 1. The Morgan fingerprint density at radius 1 is 0.559 bits per heavy atom. The summed E-state index contributed by atoms with van der Waals surface area (Å²) in [5.41, 5.74) is 26.6. The van der Waals surface area contributed by atoms with Gasteiger partial charge in [0.15, 0.2) is 0 Å². The first-order chi connectivity index (χ1) is 32.9. The highest BCUT2D eigenvalue weighted by atomic mass is 35.5. The van der Waals surface area contributed by atoms with E-state index in [4.69, 9.17) is 45.5 Å². The van der Waals surface area contributed by atoms with Crippen molar-refractivity contribution in [2.45, 2.75) is 32.9 Å². The highest BCUT2D eigenvalue weighted by Gasteiger charge is 2.12. The number of rotatable bonds is 9. The summed E-state index contributed by atoms with van der Waals surface area (Å²) in [6, 6.07) is 36.0. The van der Waals surface area contributed by atoms with Crippen LogP contribution in [0.2, 0.25) is 10.0 Å². The number of nitrogens with two attached hydrogens (primary N) is 3. The lowest BCUT2D eigenvalue weighted by molar-refractivity contribution is 0.0696. The standard InChI is InChI=1S/C27H22ClN5O.C16H11ClN2O2.C10H11N3/c1-16-19(3-4-24-23(16)7-9-31-26(24)29)14-33-27(34)18-6-8-30-22(13-18)11-17-2-5-25-20(10-17)12-21(28)15-32-25;17-13-7-12-5-10(1-2-15(12)19-9-13)6-14-8-11(16(20)21)3-4-18-14;11-6-7-1-2-9-8(5-7)3-4-13-10(9)12/h2-10,12-13,15H,11,14H2,1H3,(H2,29,31)(H,33,34);1-5,7-9H,6H2,(H,20,21);1-5H,6,11H2,(H2,12,13). The van der Waals surface area contributed by atoms with Crippen molar-refractivity contribution in [2.75, 3.05) is 11.5 Å². The summed E-state index contributed by atoms with van der Waals surface area (Å²) < 4.78 is 0. The van der Waals surface area contributed by atoms with E-state index in [1.807, 2.05) is 104 Å². The number of fused-ring (bicyclic) bond motifs is 4. The van der Waals surface area contributed by atoms with Gasteiger partial charge in [-0.05, 0) is 124 Å². The number of aryl methyl sites for hydroxylation is 1. The van der Waals surface area contributed by atoms with Crippen LogP contribution in [0.25, 0.3) is 43.4 Å². The summed E-state index contributed by atoms with van der Waals surface area (Å²) in [6.07, 6.45) is 11.0. The minimum absolute atomic E-state index is 0.146. The minimum Gasteiger partial charge on any atom is -0.478 e. The molecule has 15 heteroatoms. The van der Waals surface area contributed by atoms with Crippen LogP contribution in [0.1, 0.15) is 59.9 Å². The van der Waals surface area contributed by atoms with Crippen LogP contribution in [-0.2, 0) is 25.9 Å². The van der Waals surface area contributed by atoms with Gasteiger partial charge >= 0.3 is 5.97 Å². The lowest BCUT2D eigenvalue weighted by atomic mass is 10.0. The first-order valence-electron chi connectivity index (χ1n) is 21.4. The number of carboxylic acids is 1. The Bertz CT molecular complexity index is 3500. The number of carbonyl (C=O) groups excluding carboxylic acids is 1. The highest BCUT2D eigenvalue weighted by Crippen LogP contribution is 2.26. The Balaban J connectivity index is 0.000000155. The van der Waals surface area contributed by atoms with Gasteiger partial charge in [-0.2, -0.15) is 0 Å². The number of amides is 1. The zero-order valence-electron chi connectivity index (χ0n) is 36.7. The van der Waals surface area contributed by atoms with Crippen molar-refractivity contribution in [1.29, 1.82) is 0 Å². The smallest absolute Gasteiger partial charge is 0.335 e. The van der Waals surface area contributed by atoms with Crippen LogP contribution >= 0.6 is 23.2 Å². The van der Waals surface area contributed by atoms with Gasteiger partial charge in [-0.3, -0.25) is 24.7 Å². The maximum atomic E-state index is 12.9. The summed E-state index contributed by atoms with van der Waals surface area (Å²) in [5.74, 6) is -0.0210. The summed E-state index contributed by atoms with van der Waals surface area (Å²) in [7, 11) is 0. The highest BCUT2D eigenvalue weighted by molar-refractivity contribution is 6.31. The molecule has 6 heterocycles. The molecule has 13 nitrogen and oxygen atoms in total. The fourth-order valence-corrected chi connectivity index (χ4v) is 8.02. The van der Waals surface area contributed by atoms with Gasteiger partial charge in [0, 0.05) is 102 Å². The molecule has 0 unspecified atom stereocenters. The van der Waals surface area contributed by atoms with E-state index in [-0.39, 0.29) is 11.5 Å². The van der Waals surface area contributed by atoms with Gasteiger partial charge in [-0.25, -0.2) is 14.8 Å². The van der Waals surface area contributed by atoms with Crippen LogP contribution in [0.4, 0.5) is 11.6 Å². The minimum atomic E-state index is -0.951. The molecule has 0 bridgehead atoms. The number of nitrogens with zero attached hydrogens (tertiary/aromatic N) is 6. The molecule has 0 aliphatic rings. The third-order valence-electron chi connectivity index (χ3n) is 11.2. The normalized spacial score (nSPS) is 10.9. The van der Waals surface area contributed by atoms with E-state index < -0.39 is 5.97 Å². The van der Waals surface area contributed by atoms with E-state index in [1.54, 1.807) is 43.1 Å². The molecule has 68 heavy (non-hydrogen) atoms. The predicted octanol–water partition coefficient (Wildman–Crippen LogP) is 10.1. The summed E-state index contributed by atoms with van der Waals surface area (Å²) >= 11 is 12.0. The van der Waals surface area contributed by atoms with Crippen LogP contribution in [0, 0.1) is 6.92 Å².